The summed E-state index contributed by atoms with van der Waals surface area (Å²) < 4.78 is 5.28. The molecule has 0 fully saturated rings. The average molecular weight is 440 g/mol. The third-order valence-electron chi connectivity index (χ3n) is 5.12. The van der Waals surface area contributed by atoms with Gasteiger partial charge in [-0.3, -0.25) is 4.79 Å². The summed E-state index contributed by atoms with van der Waals surface area (Å²) >= 11 is 3.47. The van der Waals surface area contributed by atoms with E-state index in [1.165, 1.54) is 6.42 Å². The van der Waals surface area contributed by atoms with E-state index in [4.69, 9.17) is 5.10 Å². The first kappa shape index (κ1) is 18.9. The van der Waals surface area contributed by atoms with Crippen molar-refractivity contribution in [1.29, 1.82) is 0 Å². The Bertz CT molecular complexity index is 951. The third-order valence-corrected chi connectivity index (χ3v) is 5.65. The number of halogens is 1. The van der Waals surface area contributed by atoms with Crippen LogP contribution in [0.5, 0.6) is 0 Å². The molecular weight excluding hydrogens is 416 g/mol. The molecular formula is C22H24BrN4O+. The van der Waals surface area contributed by atoms with Crippen molar-refractivity contribution in [2.75, 3.05) is 5.32 Å². The van der Waals surface area contributed by atoms with Gasteiger partial charge in [0.05, 0.1) is 6.54 Å². The van der Waals surface area contributed by atoms with E-state index < -0.39 is 0 Å². The van der Waals surface area contributed by atoms with Crippen LogP contribution in [0.3, 0.4) is 0 Å². The number of fused-ring (bicyclic) bond motifs is 1. The number of Topliss-reactive ketones (excluding diaryl/α,β-unsaturated/α-hetero) is 1. The van der Waals surface area contributed by atoms with E-state index in [1.54, 1.807) is 0 Å². The second-order valence-electron chi connectivity index (χ2n) is 7.10. The largest absolute Gasteiger partial charge is 0.375 e. The smallest absolute Gasteiger partial charge is 0.296 e. The number of nitrogens with one attached hydrogen (secondary N) is 1. The second kappa shape index (κ2) is 8.69. The van der Waals surface area contributed by atoms with Crippen molar-refractivity contribution < 1.29 is 9.36 Å². The number of aromatic nitrogens is 3. The number of carbonyl (C=O) groups excluding carboxylic acids is 1. The Balaban J connectivity index is 1.56. The summed E-state index contributed by atoms with van der Waals surface area (Å²) in [6, 6.07) is 17.6. The number of hydrogen-bond donors (Lipinski definition) is 1. The minimum Gasteiger partial charge on any atom is -0.375 e. The zero-order valence-corrected chi connectivity index (χ0v) is 17.4. The molecule has 144 valence electrons. The quantitative estimate of drug-likeness (QED) is 0.463. The van der Waals surface area contributed by atoms with Gasteiger partial charge < -0.3 is 5.32 Å². The molecule has 0 radical (unpaired) electrons. The van der Waals surface area contributed by atoms with Crippen LogP contribution in [0, 0.1) is 0 Å². The lowest BCUT2D eigenvalue weighted by atomic mass is 10.1. The molecule has 2 aromatic carbocycles. The number of carbonyl (C=O) groups is 1. The van der Waals surface area contributed by atoms with Crippen LogP contribution in [0.15, 0.2) is 59.1 Å². The highest BCUT2D eigenvalue weighted by atomic mass is 79.9. The fourth-order valence-electron chi connectivity index (χ4n) is 3.65. The summed E-state index contributed by atoms with van der Waals surface area (Å²) in [6.45, 7) is 1.89. The highest BCUT2D eigenvalue weighted by Crippen LogP contribution is 2.16. The van der Waals surface area contributed by atoms with Crippen molar-refractivity contribution in [3.05, 3.63) is 76.3 Å². The fourth-order valence-corrected chi connectivity index (χ4v) is 3.91. The van der Waals surface area contributed by atoms with Gasteiger partial charge >= 0.3 is 0 Å². The van der Waals surface area contributed by atoms with Gasteiger partial charge in [0, 0.05) is 27.2 Å². The molecule has 6 heteroatoms. The van der Waals surface area contributed by atoms with E-state index in [0.29, 0.717) is 6.54 Å². The van der Waals surface area contributed by atoms with E-state index in [1.807, 2.05) is 59.3 Å². The first-order valence-electron chi connectivity index (χ1n) is 9.77. The first-order valence-corrected chi connectivity index (χ1v) is 10.6. The summed E-state index contributed by atoms with van der Waals surface area (Å²) in [6.07, 6.45) is 4.48. The van der Waals surface area contributed by atoms with Gasteiger partial charge in [-0.2, -0.15) is 0 Å². The third kappa shape index (κ3) is 4.33. The molecule has 0 spiro atoms. The van der Waals surface area contributed by atoms with Crippen LogP contribution in [0.25, 0.3) is 0 Å². The Morgan fingerprint density at radius 3 is 2.64 bits per heavy atom. The summed E-state index contributed by atoms with van der Waals surface area (Å²) in [5.74, 6) is 2.25. The zero-order chi connectivity index (χ0) is 19.3. The number of rotatable bonds is 6. The Kier molecular flexibility index (Phi) is 5.86. The van der Waals surface area contributed by atoms with Crippen molar-refractivity contribution in [3.8, 4) is 0 Å². The van der Waals surface area contributed by atoms with Crippen LogP contribution in [0.2, 0.25) is 0 Å². The molecule has 3 aromatic rings. The predicted molar refractivity (Wildman–Crippen MR) is 112 cm³/mol. The Morgan fingerprint density at radius 2 is 1.86 bits per heavy atom. The first-order chi connectivity index (χ1) is 13.7. The van der Waals surface area contributed by atoms with Crippen LogP contribution in [0.4, 0.5) is 5.69 Å². The molecule has 5 nitrogen and oxygen atoms in total. The SMILES string of the molecule is O=C(Cn1nc(CNc2ccc(Br)cc2)[n+]2c1CCCCC2)c1ccccc1. The van der Waals surface area contributed by atoms with Gasteiger partial charge in [0.1, 0.15) is 6.54 Å². The molecule has 1 aliphatic rings. The van der Waals surface area contributed by atoms with E-state index >= 15 is 0 Å². The lowest BCUT2D eigenvalue weighted by molar-refractivity contribution is -0.710. The Morgan fingerprint density at radius 1 is 1.07 bits per heavy atom. The van der Waals surface area contributed by atoms with E-state index in [9.17, 15) is 4.79 Å². The molecule has 0 saturated carbocycles. The van der Waals surface area contributed by atoms with Crippen LogP contribution in [-0.2, 0) is 26.1 Å². The minimum absolute atomic E-state index is 0.100. The molecule has 0 bridgehead atoms. The van der Waals surface area contributed by atoms with Gasteiger partial charge in [-0.15, -0.1) is 4.68 Å². The molecule has 2 heterocycles. The summed E-state index contributed by atoms with van der Waals surface area (Å²) in [5, 5.41) is 8.27. The molecule has 4 rings (SSSR count). The minimum atomic E-state index is 0.100. The standard InChI is InChI=1S/C22H24BrN4O/c23-18-10-12-19(13-11-18)24-15-21-25-27(22-9-5-2-6-14-26(21)22)16-20(28)17-7-3-1-4-8-17/h1,3-4,7-8,10-13,24H,2,5-6,9,14-16H2/q+1. The van der Waals surface area contributed by atoms with Crippen molar-refractivity contribution in [3.63, 3.8) is 0 Å². The lowest BCUT2D eigenvalue weighted by Crippen LogP contribution is -2.41. The molecule has 1 N–H and O–H groups in total. The summed E-state index contributed by atoms with van der Waals surface area (Å²) in [7, 11) is 0. The maximum absolute atomic E-state index is 12.7. The monoisotopic (exact) mass is 439 g/mol. The average Bonchev–Trinajstić information content (AvgIpc) is 2.89. The maximum atomic E-state index is 12.7. The van der Waals surface area contributed by atoms with Crippen LogP contribution >= 0.6 is 15.9 Å². The lowest BCUT2D eigenvalue weighted by Gasteiger charge is -2.04. The Hall–Kier alpha value is -2.47. The molecule has 1 aliphatic heterocycles. The second-order valence-corrected chi connectivity index (χ2v) is 8.02. The molecule has 28 heavy (non-hydrogen) atoms. The highest BCUT2D eigenvalue weighted by Gasteiger charge is 2.28. The molecule has 0 saturated heterocycles. The maximum Gasteiger partial charge on any atom is 0.296 e. The van der Waals surface area contributed by atoms with Gasteiger partial charge in [-0.05, 0) is 43.5 Å². The topological polar surface area (TPSA) is 50.8 Å². The van der Waals surface area contributed by atoms with Crippen LogP contribution in [-0.4, -0.2) is 15.6 Å². The van der Waals surface area contributed by atoms with E-state index in [2.05, 4.69) is 25.8 Å². The Labute approximate surface area is 173 Å². The van der Waals surface area contributed by atoms with Gasteiger partial charge in [0.2, 0.25) is 5.82 Å². The number of anilines is 1. The fraction of sp³-hybridized carbons (Fsp3) is 0.318. The molecule has 1 aromatic heterocycles. The van der Waals surface area contributed by atoms with Crippen molar-refractivity contribution in [2.24, 2.45) is 0 Å². The van der Waals surface area contributed by atoms with Crippen molar-refractivity contribution >= 4 is 27.4 Å². The van der Waals surface area contributed by atoms with E-state index in [-0.39, 0.29) is 12.3 Å². The van der Waals surface area contributed by atoms with Crippen LogP contribution < -0.4 is 9.88 Å². The van der Waals surface area contributed by atoms with Crippen molar-refractivity contribution in [2.45, 2.75) is 45.3 Å². The number of nitrogens with zero attached hydrogens (tertiary/aromatic N) is 3. The van der Waals surface area contributed by atoms with Gasteiger partial charge in [-0.25, -0.2) is 4.57 Å². The molecule has 0 aliphatic carbocycles. The van der Waals surface area contributed by atoms with Crippen molar-refractivity contribution in [1.82, 2.24) is 9.78 Å². The molecule has 0 amide bonds. The highest BCUT2D eigenvalue weighted by molar-refractivity contribution is 9.10. The van der Waals surface area contributed by atoms with Gasteiger partial charge in [0.25, 0.3) is 5.82 Å². The van der Waals surface area contributed by atoms with Crippen LogP contribution in [0.1, 0.15) is 41.3 Å². The van der Waals surface area contributed by atoms with Gasteiger partial charge in [-0.1, -0.05) is 46.3 Å². The zero-order valence-electron chi connectivity index (χ0n) is 15.8. The number of ketones is 1. The normalized spacial score (nSPS) is 13.6. The number of hydrogen-bond acceptors (Lipinski definition) is 3. The predicted octanol–water partition coefficient (Wildman–Crippen LogP) is 4.15. The summed E-state index contributed by atoms with van der Waals surface area (Å²) in [5.41, 5.74) is 1.79. The molecule has 0 atom stereocenters. The van der Waals surface area contributed by atoms with Gasteiger partial charge in [0.15, 0.2) is 12.3 Å². The molecule has 0 unspecified atom stereocenters. The van der Waals surface area contributed by atoms with E-state index in [0.717, 1.165) is 53.2 Å². The number of benzene rings is 2. The summed E-state index contributed by atoms with van der Waals surface area (Å²) in [4.78, 5) is 12.7.